The molecule has 21 heavy (non-hydrogen) atoms. The Labute approximate surface area is 126 Å². The van der Waals surface area contributed by atoms with Crippen molar-refractivity contribution < 1.29 is 0 Å². The summed E-state index contributed by atoms with van der Waals surface area (Å²) in [5.74, 6) is 0.426. The van der Waals surface area contributed by atoms with Crippen LogP contribution in [0.15, 0.2) is 107 Å². The van der Waals surface area contributed by atoms with Gasteiger partial charge in [0.1, 0.15) is 0 Å². The quantitative estimate of drug-likeness (QED) is 0.524. The molecule has 0 aromatic rings. The van der Waals surface area contributed by atoms with Crippen LogP contribution in [0, 0.1) is 5.92 Å². The maximum atomic E-state index is 2.39. The van der Waals surface area contributed by atoms with Crippen molar-refractivity contribution in [1.29, 1.82) is 0 Å². The molecule has 0 fully saturated rings. The molecule has 0 saturated heterocycles. The number of allylic oxidation sites excluding steroid dienone is 18. The predicted octanol–water partition coefficient (Wildman–Crippen LogP) is 5.29. The van der Waals surface area contributed by atoms with E-state index in [9.17, 15) is 0 Å². The minimum atomic E-state index is 0.426. The van der Waals surface area contributed by atoms with Crippen molar-refractivity contribution in [3.8, 4) is 0 Å². The highest BCUT2D eigenvalue weighted by Crippen LogP contribution is 2.46. The van der Waals surface area contributed by atoms with Crippen LogP contribution in [0.3, 0.4) is 0 Å². The largest absolute Gasteiger partial charge is 0.0838 e. The van der Waals surface area contributed by atoms with Gasteiger partial charge in [0.15, 0.2) is 0 Å². The van der Waals surface area contributed by atoms with Gasteiger partial charge in [-0.15, -0.1) is 0 Å². The van der Waals surface area contributed by atoms with E-state index in [2.05, 4.69) is 79.0 Å². The molecule has 102 valence electrons. The van der Waals surface area contributed by atoms with Crippen molar-refractivity contribution in [2.45, 2.75) is 12.8 Å². The van der Waals surface area contributed by atoms with Crippen molar-refractivity contribution in [1.82, 2.24) is 0 Å². The predicted molar refractivity (Wildman–Crippen MR) is 89.7 cm³/mol. The summed E-state index contributed by atoms with van der Waals surface area (Å²) in [6, 6.07) is 0. The maximum absolute atomic E-state index is 2.39. The van der Waals surface area contributed by atoms with Gasteiger partial charge in [-0.2, -0.15) is 0 Å². The fraction of sp³-hybridized carbons (Fsp3) is 0.143. The Bertz CT molecular complexity index is 737. The van der Waals surface area contributed by atoms with Gasteiger partial charge in [0, 0.05) is 5.92 Å². The van der Waals surface area contributed by atoms with Crippen LogP contribution >= 0.6 is 0 Å². The van der Waals surface area contributed by atoms with E-state index in [0.717, 1.165) is 12.8 Å². The molecule has 0 aromatic carbocycles. The first-order valence-electron chi connectivity index (χ1n) is 7.64. The van der Waals surface area contributed by atoms with Gasteiger partial charge in [-0.3, -0.25) is 0 Å². The van der Waals surface area contributed by atoms with Crippen molar-refractivity contribution in [3.63, 3.8) is 0 Å². The molecule has 1 atom stereocenters. The average Bonchev–Trinajstić information content (AvgIpc) is 2.63. The lowest BCUT2D eigenvalue weighted by Gasteiger charge is -2.18. The Morgan fingerprint density at radius 1 is 0.762 bits per heavy atom. The Morgan fingerprint density at radius 2 is 1.67 bits per heavy atom. The summed E-state index contributed by atoms with van der Waals surface area (Å²) in [5, 5.41) is 0. The topological polar surface area (TPSA) is 0 Å². The molecular formula is C21H18. The second-order valence-electron chi connectivity index (χ2n) is 5.67. The molecule has 1 unspecified atom stereocenters. The highest BCUT2D eigenvalue weighted by molar-refractivity contribution is 5.69. The summed E-state index contributed by atoms with van der Waals surface area (Å²) in [5.41, 5.74) is 7.16. The zero-order valence-electron chi connectivity index (χ0n) is 12.0. The van der Waals surface area contributed by atoms with Crippen LogP contribution in [0.2, 0.25) is 0 Å². The minimum Gasteiger partial charge on any atom is -0.0838 e. The van der Waals surface area contributed by atoms with Gasteiger partial charge < -0.3 is 0 Å². The van der Waals surface area contributed by atoms with Gasteiger partial charge in [-0.05, 0) is 40.7 Å². The Balaban J connectivity index is 1.96. The number of hydrogen-bond acceptors (Lipinski definition) is 0. The summed E-state index contributed by atoms with van der Waals surface area (Å²) in [6.07, 6.45) is 31.1. The van der Waals surface area contributed by atoms with Gasteiger partial charge >= 0.3 is 0 Å². The van der Waals surface area contributed by atoms with Crippen LogP contribution in [-0.2, 0) is 0 Å². The van der Waals surface area contributed by atoms with Crippen molar-refractivity contribution in [3.05, 3.63) is 107 Å². The van der Waals surface area contributed by atoms with E-state index in [0.29, 0.717) is 5.92 Å². The molecule has 4 rings (SSSR count). The number of fused-ring (bicyclic) bond motifs is 2. The summed E-state index contributed by atoms with van der Waals surface area (Å²) < 4.78 is 0. The normalized spacial score (nSPS) is 33.0. The van der Waals surface area contributed by atoms with E-state index in [1.807, 2.05) is 0 Å². The molecule has 0 bridgehead atoms. The monoisotopic (exact) mass is 270 g/mol. The third-order valence-corrected chi connectivity index (χ3v) is 4.43. The molecule has 0 amide bonds. The molecular weight excluding hydrogens is 252 g/mol. The molecule has 0 N–H and O–H groups in total. The van der Waals surface area contributed by atoms with Gasteiger partial charge in [0.25, 0.3) is 0 Å². The van der Waals surface area contributed by atoms with E-state index in [1.54, 1.807) is 0 Å². The molecule has 0 nitrogen and oxygen atoms in total. The lowest BCUT2D eigenvalue weighted by Crippen LogP contribution is -2.04. The number of hydrogen-bond donors (Lipinski definition) is 0. The van der Waals surface area contributed by atoms with Crippen molar-refractivity contribution in [2.24, 2.45) is 5.92 Å². The van der Waals surface area contributed by atoms with Crippen LogP contribution in [0.1, 0.15) is 12.8 Å². The fourth-order valence-electron chi connectivity index (χ4n) is 3.51. The molecule has 0 aromatic heterocycles. The Kier molecular flexibility index (Phi) is 3.08. The van der Waals surface area contributed by atoms with Crippen LogP contribution in [-0.4, -0.2) is 0 Å². The van der Waals surface area contributed by atoms with Crippen molar-refractivity contribution in [2.75, 3.05) is 0 Å². The minimum absolute atomic E-state index is 0.426. The van der Waals surface area contributed by atoms with Gasteiger partial charge in [-0.1, -0.05) is 79.0 Å². The Hall–Kier alpha value is -2.34. The second-order valence-corrected chi connectivity index (χ2v) is 5.67. The van der Waals surface area contributed by atoms with E-state index in [4.69, 9.17) is 0 Å². The van der Waals surface area contributed by atoms with E-state index < -0.39 is 0 Å². The highest BCUT2D eigenvalue weighted by atomic mass is 14.3. The van der Waals surface area contributed by atoms with Crippen molar-refractivity contribution >= 4 is 0 Å². The highest BCUT2D eigenvalue weighted by Gasteiger charge is 2.31. The lowest BCUT2D eigenvalue weighted by atomic mass is 9.85. The zero-order valence-corrected chi connectivity index (χ0v) is 12.0. The maximum Gasteiger partial charge on any atom is 0.0252 e. The first-order valence-corrected chi connectivity index (χ1v) is 7.64. The second kappa shape index (κ2) is 5.21. The van der Waals surface area contributed by atoms with Gasteiger partial charge in [0.2, 0.25) is 0 Å². The van der Waals surface area contributed by atoms with Crippen LogP contribution in [0.4, 0.5) is 0 Å². The summed E-state index contributed by atoms with van der Waals surface area (Å²) >= 11 is 0. The molecule has 0 heteroatoms. The first-order chi connectivity index (χ1) is 10.4. The summed E-state index contributed by atoms with van der Waals surface area (Å²) in [7, 11) is 0. The molecule has 0 saturated carbocycles. The molecule has 0 radical (unpaired) electrons. The van der Waals surface area contributed by atoms with E-state index >= 15 is 0 Å². The third-order valence-electron chi connectivity index (χ3n) is 4.43. The molecule has 0 heterocycles. The van der Waals surface area contributed by atoms with Gasteiger partial charge in [-0.25, -0.2) is 0 Å². The fourth-order valence-corrected chi connectivity index (χ4v) is 3.51. The van der Waals surface area contributed by atoms with Crippen LogP contribution in [0.25, 0.3) is 0 Å². The summed E-state index contributed by atoms with van der Waals surface area (Å²) in [6.45, 7) is 0. The van der Waals surface area contributed by atoms with Crippen LogP contribution < -0.4 is 0 Å². The third kappa shape index (κ3) is 2.08. The molecule has 0 aliphatic heterocycles. The first kappa shape index (κ1) is 12.4. The zero-order chi connectivity index (χ0) is 14.1. The van der Waals surface area contributed by atoms with E-state index in [-0.39, 0.29) is 0 Å². The smallest absolute Gasteiger partial charge is 0.0252 e. The van der Waals surface area contributed by atoms with Gasteiger partial charge in [0.05, 0.1) is 0 Å². The van der Waals surface area contributed by atoms with E-state index in [1.165, 1.54) is 27.9 Å². The molecule has 4 aliphatic rings. The molecule has 0 spiro atoms. The standard InChI is InChI=1S/C21H18/c1-4-10-16-11-5-2-9-15-20-18-13-7-3-6-12-17(18)19(14-8-1)21(16)20/h1,3-12,14-15,20H,2,13H2/b4-1-,8-1?,10-4?,11-5-,14-8?,15-9-,16-10-,19-14?,21-16?. The van der Waals surface area contributed by atoms with Crippen LogP contribution in [0.5, 0.6) is 0 Å². The Morgan fingerprint density at radius 3 is 2.67 bits per heavy atom. The summed E-state index contributed by atoms with van der Waals surface area (Å²) in [4.78, 5) is 0. The lowest BCUT2D eigenvalue weighted by molar-refractivity contribution is 0.885. The molecule has 4 aliphatic carbocycles. The average molecular weight is 270 g/mol. The SMILES string of the molecule is C1=CCC2=C(C=C1)C1=C3C(=C\C=C/C=C1)/C=C\C/C=C\C23. The number of rotatable bonds is 0.